The van der Waals surface area contributed by atoms with E-state index in [1.54, 1.807) is 6.07 Å². The van der Waals surface area contributed by atoms with E-state index in [1.165, 1.54) is 19.2 Å². The summed E-state index contributed by atoms with van der Waals surface area (Å²) >= 11 is 0. The molecule has 202 valence electrons. The lowest BCUT2D eigenvalue weighted by atomic mass is 10.1. The minimum Gasteiger partial charge on any atom is -0.385 e. The lowest BCUT2D eigenvalue weighted by Gasteiger charge is -2.22. The average molecular weight is 532 g/mol. The summed E-state index contributed by atoms with van der Waals surface area (Å²) in [6.07, 6.45) is -7.61. The molecule has 1 heterocycles. The second-order valence-electron chi connectivity index (χ2n) is 8.40. The zero-order valence-corrected chi connectivity index (χ0v) is 19.9. The monoisotopic (exact) mass is 532 g/mol. The van der Waals surface area contributed by atoms with Crippen molar-refractivity contribution in [3.63, 3.8) is 0 Å². The average Bonchev–Trinajstić information content (AvgIpc) is 3.35. The number of rotatable bonds is 8. The number of amides is 3. The van der Waals surface area contributed by atoms with Gasteiger partial charge in [0.2, 0.25) is 0 Å². The van der Waals surface area contributed by atoms with Crippen LogP contribution in [0.15, 0.2) is 36.4 Å². The third-order valence-corrected chi connectivity index (χ3v) is 5.60. The molecule has 1 aliphatic heterocycles. The standard InChI is InChI=1S/C24H26F6N4O3/c1-37-10-4-7-31-21(35)19-14-17(5-6-20(19)34-8-2-3-9-34)32-22(36)33-18-12-15(23(25,26)27)11-16(13-18)24(28,29)30/h5-6,11-14H,2-4,7-10H2,1H3,(H,31,35)(H2,32,33,36). The van der Waals surface area contributed by atoms with Gasteiger partial charge < -0.3 is 25.6 Å². The van der Waals surface area contributed by atoms with E-state index in [4.69, 9.17) is 4.74 Å². The van der Waals surface area contributed by atoms with Crippen LogP contribution in [0.3, 0.4) is 0 Å². The molecule has 0 spiro atoms. The van der Waals surface area contributed by atoms with Crippen molar-refractivity contribution >= 4 is 29.0 Å². The molecule has 3 rings (SSSR count). The minimum atomic E-state index is -5.05. The number of ether oxygens (including phenoxy) is 1. The number of halogens is 6. The molecule has 0 bridgehead atoms. The van der Waals surface area contributed by atoms with Crippen LogP contribution >= 0.6 is 0 Å². The summed E-state index contributed by atoms with van der Waals surface area (Å²) in [6, 6.07) is 4.25. The number of anilines is 3. The van der Waals surface area contributed by atoms with Crippen molar-refractivity contribution in [1.82, 2.24) is 5.32 Å². The highest BCUT2D eigenvalue weighted by Gasteiger charge is 2.37. The van der Waals surface area contributed by atoms with Gasteiger partial charge in [-0.2, -0.15) is 26.3 Å². The molecule has 0 unspecified atom stereocenters. The summed E-state index contributed by atoms with van der Waals surface area (Å²) in [6.45, 7) is 2.29. The van der Waals surface area contributed by atoms with Gasteiger partial charge in [0.05, 0.1) is 16.7 Å². The van der Waals surface area contributed by atoms with Gasteiger partial charge in [0, 0.05) is 50.4 Å². The Labute approximate surface area is 209 Å². The fourth-order valence-electron chi connectivity index (χ4n) is 3.86. The zero-order valence-electron chi connectivity index (χ0n) is 19.9. The predicted molar refractivity (Wildman–Crippen MR) is 126 cm³/mol. The SMILES string of the molecule is COCCCNC(=O)c1cc(NC(=O)Nc2cc(C(F)(F)F)cc(C(F)(F)F)c2)ccc1N1CCCC1. The summed E-state index contributed by atoms with van der Waals surface area (Å²) in [5, 5.41) is 7.14. The molecule has 3 N–H and O–H groups in total. The van der Waals surface area contributed by atoms with E-state index in [-0.39, 0.29) is 17.3 Å². The van der Waals surface area contributed by atoms with Crippen LogP contribution in [0.2, 0.25) is 0 Å². The van der Waals surface area contributed by atoms with Crippen molar-refractivity contribution in [3.05, 3.63) is 53.1 Å². The van der Waals surface area contributed by atoms with Gasteiger partial charge in [0.1, 0.15) is 0 Å². The van der Waals surface area contributed by atoms with E-state index >= 15 is 0 Å². The molecule has 0 atom stereocenters. The number of urea groups is 1. The first kappa shape index (κ1) is 28.1. The van der Waals surface area contributed by atoms with Crippen molar-refractivity contribution in [3.8, 4) is 0 Å². The van der Waals surface area contributed by atoms with E-state index in [0.29, 0.717) is 37.4 Å². The molecule has 13 heteroatoms. The summed E-state index contributed by atoms with van der Waals surface area (Å²) in [5.74, 6) is -0.394. The molecular weight excluding hydrogens is 506 g/mol. The van der Waals surface area contributed by atoms with Gasteiger partial charge in [-0.25, -0.2) is 4.79 Å². The molecule has 2 aromatic carbocycles. The second-order valence-corrected chi connectivity index (χ2v) is 8.40. The van der Waals surface area contributed by atoms with E-state index in [0.717, 1.165) is 25.9 Å². The third-order valence-electron chi connectivity index (χ3n) is 5.60. The first-order valence-corrected chi connectivity index (χ1v) is 11.4. The maximum Gasteiger partial charge on any atom is 0.416 e. The lowest BCUT2D eigenvalue weighted by Crippen LogP contribution is -2.29. The summed E-state index contributed by atoms with van der Waals surface area (Å²) in [5.41, 5.74) is -2.74. The van der Waals surface area contributed by atoms with E-state index in [1.807, 2.05) is 10.2 Å². The van der Waals surface area contributed by atoms with Crippen molar-refractivity contribution < 1.29 is 40.7 Å². The fourth-order valence-corrected chi connectivity index (χ4v) is 3.86. The highest BCUT2D eigenvalue weighted by atomic mass is 19.4. The summed E-state index contributed by atoms with van der Waals surface area (Å²) < 4.78 is 83.5. The Morgan fingerprint density at radius 3 is 2.05 bits per heavy atom. The smallest absolute Gasteiger partial charge is 0.385 e. The van der Waals surface area contributed by atoms with Crippen LogP contribution in [0.1, 0.15) is 40.7 Å². The van der Waals surface area contributed by atoms with Crippen LogP contribution in [0.25, 0.3) is 0 Å². The van der Waals surface area contributed by atoms with Gasteiger partial charge in [-0.05, 0) is 55.7 Å². The predicted octanol–water partition coefficient (Wildman–Crippen LogP) is 5.73. The largest absolute Gasteiger partial charge is 0.416 e. The van der Waals surface area contributed by atoms with Crippen LogP contribution in [0, 0.1) is 0 Å². The molecule has 37 heavy (non-hydrogen) atoms. The molecule has 1 aliphatic rings. The van der Waals surface area contributed by atoms with Crippen LogP contribution in [-0.4, -0.2) is 45.3 Å². The molecule has 1 saturated heterocycles. The van der Waals surface area contributed by atoms with Crippen LogP contribution in [-0.2, 0) is 17.1 Å². The van der Waals surface area contributed by atoms with Crippen LogP contribution in [0.5, 0.6) is 0 Å². The van der Waals surface area contributed by atoms with Gasteiger partial charge in [-0.3, -0.25) is 4.79 Å². The molecule has 3 amide bonds. The fraction of sp³-hybridized carbons (Fsp3) is 0.417. The Kier molecular flexibility index (Phi) is 8.89. The van der Waals surface area contributed by atoms with E-state index in [9.17, 15) is 35.9 Å². The number of hydrogen-bond acceptors (Lipinski definition) is 4. The first-order valence-electron chi connectivity index (χ1n) is 11.4. The molecule has 0 aromatic heterocycles. The number of alkyl halides is 6. The number of carbonyl (C=O) groups is 2. The number of nitrogens with zero attached hydrogens (tertiary/aromatic N) is 1. The summed E-state index contributed by atoms with van der Waals surface area (Å²) in [4.78, 5) is 27.3. The Balaban J connectivity index is 1.81. The molecular formula is C24H26F6N4O3. The molecule has 0 radical (unpaired) electrons. The Morgan fingerprint density at radius 2 is 1.49 bits per heavy atom. The van der Waals surface area contributed by atoms with Crippen molar-refractivity contribution in [2.75, 3.05) is 48.9 Å². The van der Waals surface area contributed by atoms with Crippen molar-refractivity contribution in [1.29, 1.82) is 0 Å². The lowest BCUT2D eigenvalue weighted by molar-refractivity contribution is -0.143. The van der Waals surface area contributed by atoms with Gasteiger partial charge in [-0.1, -0.05) is 0 Å². The third kappa shape index (κ3) is 7.75. The molecule has 0 aliphatic carbocycles. The van der Waals surface area contributed by atoms with Crippen molar-refractivity contribution in [2.45, 2.75) is 31.6 Å². The Hall–Kier alpha value is -3.48. The normalized spacial score (nSPS) is 14.0. The van der Waals surface area contributed by atoms with E-state index < -0.39 is 41.1 Å². The minimum absolute atomic E-state index is 0.0301. The topological polar surface area (TPSA) is 82.7 Å². The highest BCUT2D eigenvalue weighted by molar-refractivity contribution is 6.04. The van der Waals surface area contributed by atoms with Crippen LogP contribution in [0.4, 0.5) is 48.2 Å². The van der Waals surface area contributed by atoms with E-state index in [2.05, 4.69) is 10.6 Å². The molecule has 0 saturated carbocycles. The van der Waals surface area contributed by atoms with Crippen LogP contribution < -0.4 is 20.9 Å². The molecule has 7 nitrogen and oxygen atoms in total. The van der Waals surface area contributed by atoms with Gasteiger partial charge in [0.15, 0.2) is 0 Å². The molecule has 2 aromatic rings. The van der Waals surface area contributed by atoms with Crippen molar-refractivity contribution in [2.24, 2.45) is 0 Å². The number of methoxy groups -OCH3 is 1. The maximum absolute atomic E-state index is 13.1. The Morgan fingerprint density at radius 1 is 0.892 bits per heavy atom. The highest BCUT2D eigenvalue weighted by Crippen LogP contribution is 2.37. The molecule has 1 fully saturated rings. The number of benzene rings is 2. The first-order chi connectivity index (χ1) is 17.4. The summed E-state index contributed by atoms with van der Waals surface area (Å²) in [7, 11) is 1.54. The second kappa shape index (κ2) is 11.7. The number of carbonyl (C=O) groups excluding carboxylic acids is 2. The zero-order chi connectivity index (χ0) is 27.2. The van der Waals surface area contributed by atoms with Gasteiger partial charge in [0.25, 0.3) is 5.91 Å². The number of nitrogens with one attached hydrogen (secondary N) is 3. The quantitative estimate of drug-likeness (QED) is 0.299. The maximum atomic E-state index is 13.1. The Bertz CT molecular complexity index is 1080. The van der Waals surface area contributed by atoms with Gasteiger partial charge in [-0.15, -0.1) is 0 Å². The number of hydrogen-bond donors (Lipinski definition) is 3. The van der Waals surface area contributed by atoms with Gasteiger partial charge >= 0.3 is 18.4 Å².